The number of piperidine rings is 1. The van der Waals surface area contributed by atoms with Crippen LogP contribution in [0.2, 0.25) is 0 Å². The van der Waals surface area contributed by atoms with Crippen molar-refractivity contribution >= 4 is 15.9 Å². The Labute approximate surface area is 100 Å². The van der Waals surface area contributed by atoms with Crippen LogP contribution in [0.5, 0.6) is 5.75 Å². The number of halogens is 1. The monoisotopic (exact) mass is 271 g/mol. The molecule has 2 nitrogen and oxygen atoms in total. The van der Waals surface area contributed by atoms with Gasteiger partial charge in [0.15, 0.2) is 0 Å². The van der Waals surface area contributed by atoms with E-state index in [9.17, 15) is 0 Å². The first kappa shape index (κ1) is 12.5. The zero-order valence-corrected chi connectivity index (χ0v) is 10.7. The van der Waals surface area contributed by atoms with Gasteiger partial charge in [0.25, 0.3) is 0 Å². The second-order valence-electron chi connectivity index (χ2n) is 3.47. The molecule has 0 aromatic heterocycles. The summed E-state index contributed by atoms with van der Waals surface area (Å²) < 4.78 is 6.01. The molecule has 84 valence electrons. The second kappa shape index (κ2) is 7.71. The van der Waals surface area contributed by atoms with Gasteiger partial charge in [0.1, 0.15) is 5.75 Å². The van der Waals surface area contributed by atoms with Crippen molar-refractivity contribution < 1.29 is 4.74 Å². The van der Waals surface area contributed by atoms with Crippen LogP contribution < -0.4 is 10.1 Å². The predicted molar refractivity (Wildman–Crippen MR) is 67.4 cm³/mol. The molecule has 1 N–H and O–H groups in total. The van der Waals surface area contributed by atoms with Gasteiger partial charge in [-0.05, 0) is 44.1 Å². The average molecular weight is 272 g/mol. The molecule has 1 heterocycles. The molecule has 1 fully saturated rings. The van der Waals surface area contributed by atoms with Crippen LogP contribution in [0, 0.1) is 0 Å². The molecule has 0 aliphatic carbocycles. The molecule has 1 aliphatic rings. The summed E-state index contributed by atoms with van der Waals surface area (Å²) in [5.41, 5.74) is 0. The molecule has 0 spiro atoms. The van der Waals surface area contributed by atoms with Crippen LogP contribution in [-0.2, 0) is 0 Å². The molecule has 15 heavy (non-hydrogen) atoms. The molecule has 0 radical (unpaired) electrons. The Morgan fingerprint density at radius 2 is 1.93 bits per heavy atom. The van der Waals surface area contributed by atoms with E-state index in [2.05, 4.69) is 21.2 Å². The highest BCUT2D eigenvalue weighted by Gasteiger charge is 1.93. The van der Waals surface area contributed by atoms with E-state index in [0.717, 1.165) is 10.2 Å². The van der Waals surface area contributed by atoms with Gasteiger partial charge in [-0.25, -0.2) is 0 Å². The van der Waals surface area contributed by atoms with E-state index >= 15 is 0 Å². The molecule has 1 saturated heterocycles. The van der Waals surface area contributed by atoms with Crippen molar-refractivity contribution in [3.63, 3.8) is 0 Å². The minimum Gasteiger partial charge on any atom is -0.497 e. The van der Waals surface area contributed by atoms with E-state index in [1.165, 1.54) is 32.4 Å². The van der Waals surface area contributed by atoms with Gasteiger partial charge in [-0.3, -0.25) is 0 Å². The molecule has 1 aromatic carbocycles. The molecule has 0 atom stereocenters. The van der Waals surface area contributed by atoms with Crippen molar-refractivity contribution in [2.24, 2.45) is 0 Å². The van der Waals surface area contributed by atoms with Crippen LogP contribution in [0.3, 0.4) is 0 Å². The van der Waals surface area contributed by atoms with Crippen molar-refractivity contribution in [1.29, 1.82) is 0 Å². The Hall–Kier alpha value is -0.540. The summed E-state index contributed by atoms with van der Waals surface area (Å²) in [6, 6.07) is 7.72. The number of rotatable bonds is 1. The van der Waals surface area contributed by atoms with Gasteiger partial charge < -0.3 is 10.1 Å². The van der Waals surface area contributed by atoms with E-state index in [4.69, 9.17) is 4.74 Å². The predicted octanol–water partition coefficient (Wildman–Crippen LogP) is 3.22. The van der Waals surface area contributed by atoms with Gasteiger partial charge >= 0.3 is 0 Å². The number of nitrogens with one attached hydrogen (secondary N) is 1. The van der Waals surface area contributed by atoms with Gasteiger partial charge in [-0.15, -0.1) is 0 Å². The van der Waals surface area contributed by atoms with Gasteiger partial charge in [-0.1, -0.05) is 28.4 Å². The van der Waals surface area contributed by atoms with E-state index in [-0.39, 0.29) is 0 Å². The smallest absolute Gasteiger partial charge is 0.119 e. The molecule has 1 aliphatic heterocycles. The third-order valence-corrected chi connectivity index (χ3v) is 2.73. The number of methoxy groups -OCH3 is 1. The molecule has 0 unspecified atom stereocenters. The lowest BCUT2D eigenvalue weighted by atomic mass is 10.2. The largest absolute Gasteiger partial charge is 0.497 e. The number of benzene rings is 1. The highest BCUT2D eigenvalue weighted by Crippen LogP contribution is 2.16. The molecular weight excluding hydrogens is 254 g/mol. The van der Waals surface area contributed by atoms with Gasteiger partial charge in [0.05, 0.1) is 7.11 Å². The zero-order valence-electron chi connectivity index (χ0n) is 9.13. The van der Waals surface area contributed by atoms with E-state index in [0.29, 0.717) is 0 Å². The maximum Gasteiger partial charge on any atom is 0.119 e. The first-order valence-electron chi connectivity index (χ1n) is 5.33. The highest BCUT2D eigenvalue weighted by atomic mass is 79.9. The van der Waals surface area contributed by atoms with Crippen LogP contribution in [0.4, 0.5) is 0 Å². The number of ether oxygens (including phenoxy) is 1. The fraction of sp³-hybridized carbons (Fsp3) is 0.500. The average Bonchev–Trinajstić information content (AvgIpc) is 2.32. The Morgan fingerprint density at radius 1 is 1.20 bits per heavy atom. The van der Waals surface area contributed by atoms with Gasteiger partial charge in [0, 0.05) is 4.47 Å². The lowest BCUT2D eigenvalue weighted by Crippen LogP contribution is -2.21. The zero-order chi connectivity index (χ0) is 10.9. The van der Waals surface area contributed by atoms with Crippen LogP contribution >= 0.6 is 15.9 Å². The van der Waals surface area contributed by atoms with Gasteiger partial charge in [-0.2, -0.15) is 0 Å². The molecule has 1 aromatic rings. The van der Waals surface area contributed by atoms with Crippen molar-refractivity contribution in [2.45, 2.75) is 19.3 Å². The molecule has 3 heteroatoms. The van der Waals surface area contributed by atoms with Crippen LogP contribution in [0.15, 0.2) is 28.7 Å². The molecule has 0 amide bonds. The summed E-state index contributed by atoms with van der Waals surface area (Å²) >= 11 is 3.32. The summed E-state index contributed by atoms with van der Waals surface area (Å²) in [6.45, 7) is 2.50. The highest BCUT2D eigenvalue weighted by molar-refractivity contribution is 9.10. The maximum atomic E-state index is 4.96. The first-order chi connectivity index (χ1) is 7.33. The molecule has 0 saturated carbocycles. The normalized spacial score (nSPS) is 15.1. The SMILES string of the molecule is C1CCNCC1.COc1cccc(Br)c1. The molecule has 2 rings (SSSR count). The Kier molecular flexibility index (Phi) is 6.44. The first-order valence-corrected chi connectivity index (χ1v) is 6.12. The molecule has 0 bridgehead atoms. The summed E-state index contributed by atoms with van der Waals surface area (Å²) in [5, 5.41) is 3.28. The minimum atomic E-state index is 0.879. The second-order valence-corrected chi connectivity index (χ2v) is 4.39. The summed E-state index contributed by atoms with van der Waals surface area (Å²) in [5.74, 6) is 0.879. The Morgan fingerprint density at radius 3 is 2.27 bits per heavy atom. The minimum absolute atomic E-state index is 0.879. The number of hydrogen-bond donors (Lipinski definition) is 1. The summed E-state index contributed by atoms with van der Waals surface area (Å²) in [7, 11) is 1.65. The summed E-state index contributed by atoms with van der Waals surface area (Å²) in [4.78, 5) is 0. The van der Waals surface area contributed by atoms with Crippen molar-refractivity contribution in [1.82, 2.24) is 5.32 Å². The van der Waals surface area contributed by atoms with Crippen LogP contribution in [0.25, 0.3) is 0 Å². The number of hydrogen-bond acceptors (Lipinski definition) is 2. The van der Waals surface area contributed by atoms with Crippen LogP contribution in [0.1, 0.15) is 19.3 Å². The van der Waals surface area contributed by atoms with E-state index in [1.807, 2.05) is 24.3 Å². The lowest BCUT2D eigenvalue weighted by molar-refractivity contribution is 0.414. The third-order valence-electron chi connectivity index (χ3n) is 2.24. The fourth-order valence-electron chi connectivity index (χ4n) is 1.40. The van der Waals surface area contributed by atoms with E-state index < -0.39 is 0 Å². The third kappa shape index (κ3) is 5.80. The maximum absolute atomic E-state index is 4.96. The summed E-state index contributed by atoms with van der Waals surface area (Å²) in [6.07, 6.45) is 4.22. The standard InChI is InChI=1S/C7H7BrO.C5H11N/c1-9-7-4-2-3-6(8)5-7;1-2-4-6-5-3-1/h2-5H,1H3;6H,1-5H2. The topological polar surface area (TPSA) is 21.3 Å². The molecular formula is C12H18BrNO. The van der Waals surface area contributed by atoms with Crippen LogP contribution in [-0.4, -0.2) is 20.2 Å². The van der Waals surface area contributed by atoms with Crippen molar-refractivity contribution in [3.05, 3.63) is 28.7 Å². The van der Waals surface area contributed by atoms with Crippen molar-refractivity contribution in [3.8, 4) is 5.75 Å². The lowest BCUT2D eigenvalue weighted by Gasteiger charge is -2.08. The van der Waals surface area contributed by atoms with Crippen molar-refractivity contribution in [2.75, 3.05) is 20.2 Å². The van der Waals surface area contributed by atoms with E-state index in [1.54, 1.807) is 7.11 Å². The quantitative estimate of drug-likeness (QED) is 0.847. The Balaban J connectivity index is 0.000000162. The van der Waals surface area contributed by atoms with Gasteiger partial charge in [0.2, 0.25) is 0 Å². The fourth-order valence-corrected chi connectivity index (χ4v) is 1.77. The Bertz CT molecular complexity index is 263.